The van der Waals surface area contributed by atoms with Crippen molar-refractivity contribution in [3.63, 3.8) is 0 Å². The standard InChI is InChI=1S/C20H18Cl2N4O2S/c1-11-4-3-5-12(2)18(11)24-17(27)9-16-19(28)25-20(29-16)26-23-10-13-6-7-14(21)8-15(13)22/h3-8,10,16H,9H2,1-2H3,(H,24,27)(H,25,26,28)/b23-10+. The van der Waals surface area contributed by atoms with Crippen molar-refractivity contribution in [3.05, 3.63) is 63.1 Å². The van der Waals surface area contributed by atoms with Crippen LogP contribution in [0.5, 0.6) is 0 Å². The Morgan fingerprint density at radius 2 is 1.97 bits per heavy atom. The summed E-state index contributed by atoms with van der Waals surface area (Å²) in [7, 11) is 0. The second-order valence-electron chi connectivity index (χ2n) is 6.43. The van der Waals surface area contributed by atoms with E-state index in [9.17, 15) is 9.59 Å². The lowest BCUT2D eigenvalue weighted by Gasteiger charge is -2.12. The minimum absolute atomic E-state index is 0.0377. The van der Waals surface area contributed by atoms with Gasteiger partial charge in [0, 0.05) is 22.7 Å². The molecule has 1 saturated heterocycles. The minimum atomic E-state index is -0.563. The fourth-order valence-electron chi connectivity index (χ4n) is 2.71. The van der Waals surface area contributed by atoms with Crippen molar-refractivity contribution in [3.8, 4) is 0 Å². The van der Waals surface area contributed by atoms with Crippen LogP contribution in [0.4, 0.5) is 5.69 Å². The number of rotatable bonds is 5. The summed E-state index contributed by atoms with van der Waals surface area (Å²) >= 11 is 13.1. The van der Waals surface area contributed by atoms with Crippen LogP contribution in [0, 0.1) is 13.8 Å². The van der Waals surface area contributed by atoms with Gasteiger partial charge in [0.2, 0.25) is 11.8 Å². The Bertz CT molecular complexity index is 1000. The third-order valence-corrected chi connectivity index (χ3v) is 5.84. The molecule has 1 aliphatic rings. The quantitative estimate of drug-likeness (QED) is 0.519. The van der Waals surface area contributed by atoms with Crippen LogP contribution in [0.3, 0.4) is 0 Å². The Morgan fingerprint density at radius 1 is 1.24 bits per heavy atom. The molecule has 0 bridgehead atoms. The van der Waals surface area contributed by atoms with Crippen molar-refractivity contribution >= 4 is 63.8 Å². The molecule has 0 aromatic heterocycles. The molecule has 1 aliphatic heterocycles. The number of nitrogens with one attached hydrogen (secondary N) is 2. The molecular formula is C20H18Cl2N4O2S. The number of anilines is 1. The molecule has 6 nitrogen and oxygen atoms in total. The Hall–Kier alpha value is -2.35. The molecule has 1 atom stereocenters. The number of thioether (sulfide) groups is 1. The Kier molecular flexibility index (Phi) is 6.95. The van der Waals surface area contributed by atoms with E-state index in [1.165, 1.54) is 18.0 Å². The van der Waals surface area contributed by atoms with E-state index in [0.717, 1.165) is 16.8 Å². The number of halogens is 2. The second kappa shape index (κ2) is 9.43. The molecule has 0 aliphatic carbocycles. The minimum Gasteiger partial charge on any atom is -0.326 e. The molecule has 1 fully saturated rings. The highest BCUT2D eigenvalue weighted by molar-refractivity contribution is 8.15. The average Bonchev–Trinajstić information content (AvgIpc) is 2.99. The van der Waals surface area contributed by atoms with Gasteiger partial charge >= 0.3 is 0 Å². The van der Waals surface area contributed by atoms with Gasteiger partial charge in [0.1, 0.15) is 5.25 Å². The van der Waals surface area contributed by atoms with E-state index in [1.807, 2.05) is 32.0 Å². The summed E-state index contributed by atoms with van der Waals surface area (Å²) in [5.41, 5.74) is 3.37. The number of hydrogen-bond donors (Lipinski definition) is 2. The maximum Gasteiger partial charge on any atom is 0.240 e. The lowest BCUT2D eigenvalue weighted by molar-refractivity contribution is -0.122. The highest BCUT2D eigenvalue weighted by Crippen LogP contribution is 2.25. The van der Waals surface area contributed by atoms with E-state index in [1.54, 1.807) is 18.2 Å². The van der Waals surface area contributed by atoms with Crippen molar-refractivity contribution in [1.82, 2.24) is 5.32 Å². The Morgan fingerprint density at radius 3 is 2.66 bits per heavy atom. The van der Waals surface area contributed by atoms with Gasteiger partial charge in [-0.05, 0) is 37.1 Å². The van der Waals surface area contributed by atoms with Gasteiger partial charge in [-0.1, -0.05) is 59.2 Å². The predicted octanol–water partition coefficient (Wildman–Crippen LogP) is 4.56. The molecule has 0 spiro atoms. The summed E-state index contributed by atoms with van der Waals surface area (Å²) in [6.07, 6.45) is 1.51. The van der Waals surface area contributed by atoms with Gasteiger partial charge in [-0.25, -0.2) is 0 Å². The first kappa shape index (κ1) is 21.4. The fourth-order valence-corrected chi connectivity index (χ4v) is 4.09. The zero-order valence-corrected chi connectivity index (χ0v) is 18.0. The van der Waals surface area contributed by atoms with Crippen molar-refractivity contribution in [2.45, 2.75) is 25.5 Å². The number of aryl methyl sites for hydroxylation is 2. The molecule has 2 amide bonds. The molecule has 150 valence electrons. The second-order valence-corrected chi connectivity index (χ2v) is 8.47. The SMILES string of the molecule is Cc1cccc(C)c1NC(=O)CC1S/C(=N/N=C/c2ccc(Cl)cc2Cl)NC1=O. The van der Waals surface area contributed by atoms with E-state index in [2.05, 4.69) is 20.8 Å². The van der Waals surface area contributed by atoms with Crippen LogP contribution in [-0.4, -0.2) is 28.4 Å². The summed E-state index contributed by atoms with van der Waals surface area (Å²) in [4.78, 5) is 24.5. The van der Waals surface area contributed by atoms with E-state index in [-0.39, 0.29) is 18.2 Å². The molecule has 1 unspecified atom stereocenters. The fraction of sp³-hybridized carbons (Fsp3) is 0.200. The number of carbonyl (C=O) groups excluding carboxylic acids is 2. The molecule has 0 saturated carbocycles. The van der Waals surface area contributed by atoms with Crippen LogP contribution in [-0.2, 0) is 9.59 Å². The third-order valence-electron chi connectivity index (χ3n) is 4.20. The van der Waals surface area contributed by atoms with Gasteiger partial charge in [0.05, 0.1) is 11.2 Å². The summed E-state index contributed by atoms with van der Waals surface area (Å²) in [6, 6.07) is 10.8. The largest absolute Gasteiger partial charge is 0.326 e. The first-order valence-electron chi connectivity index (χ1n) is 8.73. The Labute approximate surface area is 182 Å². The first-order valence-corrected chi connectivity index (χ1v) is 10.4. The number of nitrogens with zero attached hydrogens (tertiary/aromatic N) is 2. The summed E-state index contributed by atoms with van der Waals surface area (Å²) in [5.74, 6) is -0.502. The summed E-state index contributed by atoms with van der Waals surface area (Å²) in [6.45, 7) is 3.85. The van der Waals surface area contributed by atoms with E-state index in [0.29, 0.717) is 20.8 Å². The van der Waals surface area contributed by atoms with Gasteiger partial charge in [-0.15, -0.1) is 5.10 Å². The molecule has 2 aromatic carbocycles. The smallest absolute Gasteiger partial charge is 0.240 e. The molecule has 29 heavy (non-hydrogen) atoms. The van der Waals surface area contributed by atoms with Crippen molar-refractivity contribution < 1.29 is 9.59 Å². The molecule has 2 aromatic rings. The predicted molar refractivity (Wildman–Crippen MR) is 120 cm³/mol. The summed E-state index contributed by atoms with van der Waals surface area (Å²) < 4.78 is 0. The lowest BCUT2D eigenvalue weighted by atomic mass is 10.1. The van der Waals surface area contributed by atoms with E-state index in [4.69, 9.17) is 23.2 Å². The Balaban J connectivity index is 1.60. The van der Waals surface area contributed by atoms with Crippen LogP contribution >= 0.6 is 35.0 Å². The van der Waals surface area contributed by atoms with Gasteiger partial charge in [-0.2, -0.15) is 5.10 Å². The molecule has 2 N–H and O–H groups in total. The highest BCUT2D eigenvalue weighted by Gasteiger charge is 2.32. The zero-order valence-electron chi connectivity index (χ0n) is 15.7. The monoisotopic (exact) mass is 448 g/mol. The lowest BCUT2D eigenvalue weighted by Crippen LogP contribution is -2.28. The van der Waals surface area contributed by atoms with E-state index >= 15 is 0 Å². The third kappa shape index (κ3) is 5.59. The average molecular weight is 449 g/mol. The van der Waals surface area contributed by atoms with Gasteiger partial charge < -0.3 is 10.6 Å². The topological polar surface area (TPSA) is 82.9 Å². The molecule has 3 rings (SSSR count). The number of carbonyl (C=O) groups is 2. The summed E-state index contributed by atoms with van der Waals surface area (Å²) in [5, 5.41) is 14.2. The normalized spacial score (nSPS) is 17.7. The number of hydrogen-bond acceptors (Lipinski definition) is 5. The van der Waals surface area contributed by atoms with Crippen LogP contribution < -0.4 is 10.6 Å². The van der Waals surface area contributed by atoms with E-state index < -0.39 is 5.25 Å². The first-order chi connectivity index (χ1) is 13.8. The zero-order chi connectivity index (χ0) is 21.0. The molecule has 9 heteroatoms. The molecule has 0 radical (unpaired) electrons. The number of amidine groups is 1. The highest BCUT2D eigenvalue weighted by atomic mass is 35.5. The van der Waals surface area contributed by atoms with Gasteiger partial charge in [0.15, 0.2) is 5.17 Å². The van der Waals surface area contributed by atoms with Crippen LogP contribution in [0.1, 0.15) is 23.1 Å². The number of para-hydroxylation sites is 1. The van der Waals surface area contributed by atoms with Crippen LogP contribution in [0.25, 0.3) is 0 Å². The maximum absolute atomic E-state index is 12.4. The maximum atomic E-state index is 12.4. The van der Waals surface area contributed by atoms with Crippen molar-refractivity contribution in [1.29, 1.82) is 0 Å². The van der Waals surface area contributed by atoms with Gasteiger partial charge in [0.25, 0.3) is 0 Å². The van der Waals surface area contributed by atoms with Crippen molar-refractivity contribution in [2.24, 2.45) is 10.2 Å². The van der Waals surface area contributed by atoms with Gasteiger partial charge in [-0.3, -0.25) is 9.59 Å². The molecular weight excluding hydrogens is 431 g/mol. The number of benzene rings is 2. The number of amides is 2. The van der Waals surface area contributed by atoms with Crippen LogP contribution in [0.15, 0.2) is 46.6 Å². The van der Waals surface area contributed by atoms with Crippen LogP contribution in [0.2, 0.25) is 10.0 Å². The van der Waals surface area contributed by atoms with Crippen molar-refractivity contribution in [2.75, 3.05) is 5.32 Å². The molecule has 1 heterocycles.